The van der Waals surface area contributed by atoms with Crippen molar-refractivity contribution >= 4 is 0 Å². The second-order valence-electron chi connectivity index (χ2n) is 6.02. The Morgan fingerprint density at radius 1 is 1.33 bits per heavy atom. The number of nitrogens with zero attached hydrogens (tertiary/aromatic N) is 1. The van der Waals surface area contributed by atoms with E-state index >= 15 is 0 Å². The topological polar surface area (TPSA) is 105 Å². The first-order chi connectivity index (χ1) is 9.94. The van der Waals surface area contributed by atoms with Crippen LogP contribution in [0.4, 0.5) is 0 Å². The molecule has 7 heteroatoms. The fraction of sp³-hybridized carbons (Fsp3) is 0.714. The first-order valence-electron chi connectivity index (χ1n) is 7.30. The molecule has 21 heavy (non-hydrogen) atoms. The van der Waals surface area contributed by atoms with Gasteiger partial charge < -0.3 is 14.9 Å². The Labute approximate surface area is 121 Å². The summed E-state index contributed by atoms with van der Waals surface area (Å²) in [5.41, 5.74) is -1.59. The minimum Gasteiger partial charge on any atom is -0.390 e. The summed E-state index contributed by atoms with van der Waals surface area (Å²) in [6.07, 6.45) is 2.38. The fourth-order valence-corrected chi connectivity index (χ4v) is 3.42. The van der Waals surface area contributed by atoms with Crippen molar-refractivity contribution in [3.05, 3.63) is 32.6 Å². The Bertz CT molecular complexity index is 651. The number of hydrogen-bond acceptors (Lipinski definition) is 5. The molecule has 0 amide bonds. The lowest BCUT2D eigenvalue weighted by Crippen LogP contribution is -2.52. The third kappa shape index (κ3) is 2.25. The van der Waals surface area contributed by atoms with Crippen LogP contribution in [0.3, 0.4) is 0 Å². The third-order valence-electron chi connectivity index (χ3n) is 4.66. The SMILES string of the molecule is Cc1cn(C2C[C@H](O)[C@]3(CCCC[C@@H]3O)O2)c(=O)[nH]c1=O. The molecular weight excluding hydrogens is 276 g/mol. The van der Waals surface area contributed by atoms with Gasteiger partial charge in [0.25, 0.3) is 5.56 Å². The molecule has 0 aromatic carbocycles. The smallest absolute Gasteiger partial charge is 0.330 e. The molecule has 4 atom stereocenters. The van der Waals surface area contributed by atoms with E-state index in [0.717, 1.165) is 12.8 Å². The van der Waals surface area contributed by atoms with Gasteiger partial charge >= 0.3 is 5.69 Å². The molecule has 1 aliphatic carbocycles. The van der Waals surface area contributed by atoms with Gasteiger partial charge in [-0.25, -0.2) is 4.79 Å². The summed E-state index contributed by atoms with van der Waals surface area (Å²) >= 11 is 0. The van der Waals surface area contributed by atoms with Crippen LogP contribution in [0.25, 0.3) is 0 Å². The van der Waals surface area contributed by atoms with Gasteiger partial charge in [-0.2, -0.15) is 0 Å². The molecule has 1 spiro atoms. The van der Waals surface area contributed by atoms with Crippen LogP contribution in [-0.4, -0.2) is 37.6 Å². The quantitative estimate of drug-likeness (QED) is 0.665. The molecule has 0 radical (unpaired) electrons. The zero-order valence-electron chi connectivity index (χ0n) is 11.9. The number of ether oxygens (including phenoxy) is 1. The van der Waals surface area contributed by atoms with E-state index in [1.54, 1.807) is 6.92 Å². The van der Waals surface area contributed by atoms with Crippen LogP contribution in [0.15, 0.2) is 15.8 Å². The predicted octanol–water partition coefficient (Wildman–Crippen LogP) is -0.201. The summed E-state index contributed by atoms with van der Waals surface area (Å²) in [6.45, 7) is 1.60. The summed E-state index contributed by atoms with van der Waals surface area (Å²) < 4.78 is 7.20. The zero-order chi connectivity index (χ0) is 15.2. The van der Waals surface area contributed by atoms with Crippen LogP contribution in [0.1, 0.15) is 43.9 Å². The Hall–Kier alpha value is -1.44. The van der Waals surface area contributed by atoms with Crippen molar-refractivity contribution in [3.63, 3.8) is 0 Å². The molecule has 1 saturated carbocycles. The van der Waals surface area contributed by atoms with Gasteiger partial charge in [-0.1, -0.05) is 12.8 Å². The van der Waals surface area contributed by atoms with E-state index < -0.39 is 35.3 Å². The Kier molecular flexibility index (Phi) is 3.51. The maximum absolute atomic E-state index is 11.9. The maximum atomic E-state index is 11.9. The second-order valence-corrected chi connectivity index (χ2v) is 6.02. The Balaban J connectivity index is 1.95. The Morgan fingerprint density at radius 2 is 2.10 bits per heavy atom. The molecule has 116 valence electrons. The maximum Gasteiger partial charge on any atom is 0.330 e. The van der Waals surface area contributed by atoms with Gasteiger partial charge in [-0.05, 0) is 19.8 Å². The number of aliphatic hydroxyl groups excluding tert-OH is 2. The van der Waals surface area contributed by atoms with Crippen molar-refractivity contribution in [2.24, 2.45) is 0 Å². The monoisotopic (exact) mass is 296 g/mol. The average Bonchev–Trinajstić information content (AvgIpc) is 2.76. The molecule has 7 nitrogen and oxygen atoms in total. The minimum atomic E-state index is -0.994. The van der Waals surface area contributed by atoms with Gasteiger partial charge in [0.15, 0.2) is 0 Å². The molecule has 1 aromatic rings. The molecule has 1 saturated heterocycles. The van der Waals surface area contributed by atoms with E-state index in [1.165, 1.54) is 10.8 Å². The minimum absolute atomic E-state index is 0.225. The number of aliphatic hydroxyl groups is 2. The van der Waals surface area contributed by atoms with E-state index in [1.807, 2.05) is 0 Å². The number of rotatable bonds is 1. The van der Waals surface area contributed by atoms with Crippen LogP contribution < -0.4 is 11.2 Å². The van der Waals surface area contributed by atoms with Crippen molar-refractivity contribution in [2.75, 3.05) is 0 Å². The molecule has 2 heterocycles. The number of aryl methyl sites for hydroxylation is 1. The van der Waals surface area contributed by atoms with Crippen molar-refractivity contribution in [2.45, 2.75) is 63.1 Å². The largest absolute Gasteiger partial charge is 0.390 e. The van der Waals surface area contributed by atoms with Gasteiger partial charge in [-0.15, -0.1) is 0 Å². The molecule has 2 fully saturated rings. The molecule has 1 unspecified atom stereocenters. The van der Waals surface area contributed by atoms with Crippen LogP contribution in [0, 0.1) is 6.92 Å². The highest BCUT2D eigenvalue weighted by atomic mass is 16.6. The van der Waals surface area contributed by atoms with Crippen molar-refractivity contribution in [1.29, 1.82) is 0 Å². The van der Waals surface area contributed by atoms with Crippen LogP contribution in [0.2, 0.25) is 0 Å². The second kappa shape index (κ2) is 5.08. The van der Waals surface area contributed by atoms with E-state index in [9.17, 15) is 19.8 Å². The van der Waals surface area contributed by atoms with E-state index in [0.29, 0.717) is 18.4 Å². The highest BCUT2D eigenvalue weighted by Gasteiger charge is 2.54. The zero-order valence-corrected chi connectivity index (χ0v) is 11.9. The lowest BCUT2D eigenvalue weighted by atomic mass is 9.78. The van der Waals surface area contributed by atoms with E-state index in [4.69, 9.17) is 4.74 Å². The molecular formula is C14H20N2O5. The highest BCUT2D eigenvalue weighted by Crippen LogP contribution is 2.45. The van der Waals surface area contributed by atoms with Crippen LogP contribution >= 0.6 is 0 Å². The molecule has 1 aliphatic heterocycles. The average molecular weight is 296 g/mol. The number of H-pyrrole nitrogens is 1. The summed E-state index contributed by atoms with van der Waals surface area (Å²) in [6, 6.07) is 0. The Morgan fingerprint density at radius 3 is 2.81 bits per heavy atom. The summed E-state index contributed by atoms with van der Waals surface area (Å²) in [7, 11) is 0. The van der Waals surface area contributed by atoms with Gasteiger partial charge in [0.1, 0.15) is 11.8 Å². The highest BCUT2D eigenvalue weighted by molar-refractivity contribution is 5.06. The lowest BCUT2D eigenvalue weighted by molar-refractivity contribution is -0.180. The summed E-state index contributed by atoms with van der Waals surface area (Å²) in [4.78, 5) is 25.6. The normalized spacial score (nSPS) is 36.2. The molecule has 3 rings (SSSR count). The summed E-state index contributed by atoms with van der Waals surface area (Å²) in [5.74, 6) is 0. The lowest BCUT2D eigenvalue weighted by Gasteiger charge is -2.40. The van der Waals surface area contributed by atoms with Crippen LogP contribution in [0.5, 0.6) is 0 Å². The predicted molar refractivity (Wildman–Crippen MR) is 74.0 cm³/mol. The standard InChI is InChI=1S/C14H20N2O5/c1-8-7-16(13(20)15-12(8)19)11-6-10(18)14(21-11)5-3-2-4-9(14)17/h7,9-11,17-18H,2-6H2,1H3,(H,15,19,20)/t9-,10-,11?,14+/m0/s1. The van der Waals surface area contributed by atoms with Crippen molar-refractivity contribution in [1.82, 2.24) is 9.55 Å². The van der Waals surface area contributed by atoms with Gasteiger partial charge in [0, 0.05) is 18.2 Å². The summed E-state index contributed by atoms with van der Waals surface area (Å²) in [5, 5.41) is 20.6. The van der Waals surface area contributed by atoms with E-state index in [-0.39, 0.29) is 6.42 Å². The molecule has 0 bridgehead atoms. The molecule has 2 aliphatic rings. The first kappa shape index (κ1) is 14.5. The molecule has 1 aromatic heterocycles. The van der Waals surface area contributed by atoms with Gasteiger partial charge in [0.2, 0.25) is 0 Å². The number of aromatic nitrogens is 2. The van der Waals surface area contributed by atoms with E-state index in [2.05, 4.69) is 4.98 Å². The third-order valence-corrected chi connectivity index (χ3v) is 4.66. The van der Waals surface area contributed by atoms with Crippen molar-refractivity contribution in [3.8, 4) is 0 Å². The molecule has 3 N–H and O–H groups in total. The first-order valence-corrected chi connectivity index (χ1v) is 7.30. The van der Waals surface area contributed by atoms with Gasteiger partial charge in [-0.3, -0.25) is 14.3 Å². The fourth-order valence-electron chi connectivity index (χ4n) is 3.42. The number of nitrogens with one attached hydrogen (secondary N) is 1. The number of aromatic amines is 1. The number of hydrogen-bond donors (Lipinski definition) is 3. The van der Waals surface area contributed by atoms with Crippen LogP contribution in [-0.2, 0) is 4.74 Å². The van der Waals surface area contributed by atoms with Gasteiger partial charge in [0.05, 0.1) is 12.2 Å². The van der Waals surface area contributed by atoms with Crippen molar-refractivity contribution < 1.29 is 14.9 Å².